The number of hydrogen-bond acceptors (Lipinski definition) is 5. The third-order valence-electron chi connectivity index (χ3n) is 4.47. The van der Waals surface area contributed by atoms with E-state index in [4.69, 9.17) is 14.2 Å². The summed E-state index contributed by atoms with van der Waals surface area (Å²) in [7, 11) is 0. The zero-order valence-electron chi connectivity index (χ0n) is 12.2. The van der Waals surface area contributed by atoms with Crippen LogP contribution in [0.2, 0.25) is 0 Å². The summed E-state index contributed by atoms with van der Waals surface area (Å²) in [5, 5.41) is 0. The van der Waals surface area contributed by atoms with Crippen LogP contribution >= 0.6 is 0 Å². The van der Waals surface area contributed by atoms with Crippen LogP contribution in [0.5, 0.6) is 0 Å². The predicted molar refractivity (Wildman–Crippen MR) is 67.4 cm³/mol. The molecule has 0 aromatic rings. The number of carbonyl (C=O) groups excluding carboxylic acids is 2. The van der Waals surface area contributed by atoms with Crippen LogP contribution in [0, 0.1) is 5.41 Å². The summed E-state index contributed by atoms with van der Waals surface area (Å²) in [6, 6.07) is 0. The smallest absolute Gasteiger partial charge is 0.302 e. The second-order valence-electron chi connectivity index (χ2n) is 6.46. The molecule has 2 fully saturated rings. The molecular weight excluding hydrogens is 248 g/mol. The number of esters is 2. The molecule has 0 spiro atoms. The molecule has 5 heteroatoms. The summed E-state index contributed by atoms with van der Waals surface area (Å²) in [4.78, 5) is 22.1. The highest BCUT2D eigenvalue weighted by atomic mass is 16.7. The van der Waals surface area contributed by atoms with Gasteiger partial charge in [0, 0.05) is 25.7 Å². The highest BCUT2D eigenvalue weighted by Crippen LogP contribution is 2.65. The van der Waals surface area contributed by atoms with Crippen LogP contribution in [-0.2, 0) is 23.8 Å². The van der Waals surface area contributed by atoms with E-state index in [1.165, 1.54) is 13.8 Å². The Morgan fingerprint density at radius 2 is 1.79 bits per heavy atom. The molecule has 0 unspecified atom stereocenters. The molecule has 2 rings (SSSR count). The van der Waals surface area contributed by atoms with Gasteiger partial charge < -0.3 is 14.2 Å². The summed E-state index contributed by atoms with van der Waals surface area (Å²) in [6.45, 7) is 9.21. The highest BCUT2D eigenvalue weighted by Gasteiger charge is 2.77. The molecule has 0 N–H and O–H groups in total. The molecule has 1 aliphatic carbocycles. The fourth-order valence-corrected chi connectivity index (χ4v) is 3.56. The van der Waals surface area contributed by atoms with Gasteiger partial charge in [-0.2, -0.15) is 0 Å². The molecule has 1 saturated carbocycles. The lowest BCUT2D eigenvalue weighted by atomic mass is 9.63. The molecule has 1 aliphatic heterocycles. The van der Waals surface area contributed by atoms with E-state index >= 15 is 0 Å². The van der Waals surface area contributed by atoms with Crippen molar-refractivity contribution >= 4 is 11.9 Å². The van der Waals surface area contributed by atoms with Gasteiger partial charge >= 0.3 is 11.9 Å². The van der Waals surface area contributed by atoms with Crippen LogP contribution < -0.4 is 0 Å². The first-order valence-corrected chi connectivity index (χ1v) is 6.63. The topological polar surface area (TPSA) is 65.1 Å². The van der Waals surface area contributed by atoms with Gasteiger partial charge in [-0.05, 0) is 13.3 Å². The number of carbonyl (C=O) groups is 2. The minimum Gasteiger partial charge on any atom is -0.463 e. The van der Waals surface area contributed by atoms with Gasteiger partial charge in [-0.3, -0.25) is 9.59 Å². The van der Waals surface area contributed by atoms with E-state index in [1.807, 2.05) is 6.92 Å². The van der Waals surface area contributed by atoms with E-state index in [-0.39, 0.29) is 35.7 Å². The molecule has 0 aromatic carbocycles. The number of fused-ring (bicyclic) bond motifs is 1. The molecule has 1 heterocycles. The first kappa shape index (κ1) is 14.3. The first-order valence-electron chi connectivity index (χ1n) is 6.63. The van der Waals surface area contributed by atoms with Crippen molar-refractivity contribution < 1.29 is 23.8 Å². The van der Waals surface area contributed by atoms with Crippen molar-refractivity contribution in [3.8, 4) is 0 Å². The molecular formula is C14H22O5. The molecule has 0 aromatic heterocycles. The van der Waals surface area contributed by atoms with E-state index in [2.05, 4.69) is 13.8 Å². The maximum Gasteiger partial charge on any atom is 0.302 e. The van der Waals surface area contributed by atoms with E-state index in [0.717, 1.165) is 0 Å². The SMILES string of the molecule is CC(=O)OC[C@@]12O[C@]1(C)C[C@@H](OC(C)=O)CC2(C)C. The molecule has 108 valence electrons. The number of hydrogen-bond donors (Lipinski definition) is 0. The Morgan fingerprint density at radius 1 is 1.16 bits per heavy atom. The van der Waals surface area contributed by atoms with Gasteiger partial charge in [0.15, 0.2) is 0 Å². The predicted octanol–water partition coefficient (Wildman–Crippen LogP) is 1.83. The van der Waals surface area contributed by atoms with Gasteiger partial charge in [-0.1, -0.05) is 13.8 Å². The average Bonchev–Trinajstić information content (AvgIpc) is 2.80. The number of ether oxygens (including phenoxy) is 3. The van der Waals surface area contributed by atoms with Gasteiger partial charge in [0.1, 0.15) is 23.9 Å². The Hall–Kier alpha value is -1.10. The van der Waals surface area contributed by atoms with Crippen molar-refractivity contribution in [3.63, 3.8) is 0 Å². The maximum absolute atomic E-state index is 11.1. The van der Waals surface area contributed by atoms with Gasteiger partial charge in [-0.15, -0.1) is 0 Å². The molecule has 2 aliphatic rings. The van der Waals surface area contributed by atoms with Crippen molar-refractivity contribution in [3.05, 3.63) is 0 Å². The van der Waals surface area contributed by atoms with Crippen LogP contribution in [0.15, 0.2) is 0 Å². The Morgan fingerprint density at radius 3 is 2.26 bits per heavy atom. The molecule has 0 bridgehead atoms. The summed E-state index contributed by atoms with van der Waals surface area (Å²) < 4.78 is 16.5. The van der Waals surface area contributed by atoms with Gasteiger partial charge in [-0.25, -0.2) is 0 Å². The molecule has 19 heavy (non-hydrogen) atoms. The standard InChI is InChI=1S/C14H22O5/c1-9(15)17-8-14-12(3,4)6-11(18-10(2)16)7-13(14,5)19-14/h11H,6-8H2,1-5H3/t11-,13+,14-/m0/s1. The Bertz CT molecular complexity index is 416. The lowest BCUT2D eigenvalue weighted by molar-refractivity contribution is -0.151. The van der Waals surface area contributed by atoms with Crippen LogP contribution in [0.3, 0.4) is 0 Å². The largest absolute Gasteiger partial charge is 0.463 e. The minimum absolute atomic E-state index is 0.134. The molecule has 0 amide bonds. The third-order valence-corrected chi connectivity index (χ3v) is 4.47. The molecule has 5 nitrogen and oxygen atoms in total. The minimum atomic E-state index is -0.456. The average molecular weight is 270 g/mol. The van der Waals surface area contributed by atoms with E-state index in [0.29, 0.717) is 12.8 Å². The maximum atomic E-state index is 11.1. The molecule has 0 radical (unpaired) electrons. The lowest BCUT2D eigenvalue weighted by Crippen LogP contribution is -2.50. The summed E-state index contributed by atoms with van der Waals surface area (Å²) in [5.41, 5.74) is -1.05. The summed E-state index contributed by atoms with van der Waals surface area (Å²) >= 11 is 0. The van der Waals surface area contributed by atoms with E-state index < -0.39 is 5.60 Å². The van der Waals surface area contributed by atoms with E-state index in [1.54, 1.807) is 0 Å². The highest BCUT2D eigenvalue weighted by molar-refractivity contribution is 5.66. The first-order chi connectivity index (χ1) is 8.62. The van der Waals surface area contributed by atoms with Crippen molar-refractivity contribution in [2.45, 2.75) is 64.8 Å². The normalized spacial score (nSPS) is 39.1. The van der Waals surface area contributed by atoms with Crippen LogP contribution in [0.25, 0.3) is 0 Å². The molecule has 1 saturated heterocycles. The zero-order valence-corrected chi connectivity index (χ0v) is 12.2. The van der Waals surface area contributed by atoms with Crippen LogP contribution in [0.1, 0.15) is 47.5 Å². The van der Waals surface area contributed by atoms with Crippen LogP contribution in [0.4, 0.5) is 0 Å². The number of rotatable bonds is 3. The Labute approximate surface area is 113 Å². The summed E-state index contributed by atoms with van der Waals surface area (Å²) in [6.07, 6.45) is 1.23. The fraction of sp³-hybridized carbons (Fsp3) is 0.857. The number of epoxide rings is 1. The van der Waals surface area contributed by atoms with Crippen molar-refractivity contribution in [2.24, 2.45) is 5.41 Å². The van der Waals surface area contributed by atoms with Gasteiger partial charge in [0.2, 0.25) is 0 Å². The Balaban J connectivity index is 2.13. The lowest BCUT2D eigenvalue weighted by Gasteiger charge is -2.41. The van der Waals surface area contributed by atoms with Crippen molar-refractivity contribution in [1.82, 2.24) is 0 Å². The second-order valence-corrected chi connectivity index (χ2v) is 6.46. The van der Waals surface area contributed by atoms with E-state index in [9.17, 15) is 9.59 Å². The van der Waals surface area contributed by atoms with Gasteiger partial charge in [0.25, 0.3) is 0 Å². The van der Waals surface area contributed by atoms with Crippen LogP contribution in [-0.4, -0.2) is 35.9 Å². The third kappa shape index (κ3) is 2.24. The fourth-order valence-electron chi connectivity index (χ4n) is 3.56. The zero-order chi connectivity index (χ0) is 14.5. The quantitative estimate of drug-likeness (QED) is 0.578. The molecule has 3 atom stereocenters. The summed E-state index contributed by atoms with van der Waals surface area (Å²) in [5.74, 6) is -0.567. The monoisotopic (exact) mass is 270 g/mol. The van der Waals surface area contributed by atoms with Crippen molar-refractivity contribution in [2.75, 3.05) is 6.61 Å². The Kier molecular flexibility index (Phi) is 3.16. The van der Waals surface area contributed by atoms with Gasteiger partial charge in [0.05, 0.1) is 0 Å². The van der Waals surface area contributed by atoms with Crippen molar-refractivity contribution in [1.29, 1.82) is 0 Å². The second kappa shape index (κ2) is 4.20.